The highest BCUT2D eigenvalue weighted by Gasteiger charge is 2.03. The summed E-state index contributed by atoms with van der Waals surface area (Å²) in [6, 6.07) is 6.18. The van der Waals surface area contributed by atoms with E-state index < -0.39 is 0 Å². The molecule has 0 spiro atoms. The molecular weight excluding hydrogens is 178 g/mol. The molecule has 2 N–H and O–H groups in total. The molecule has 0 aliphatic rings. The maximum atomic E-state index is 11.4. The van der Waals surface area contributed by atoms with Crippen LogP contribution in [0.1, 0.15) is 17.3 Å². The van der Waals surface area contributed by atoms with E-state index in [2.05, 4.69) is 17.2 Å². The highest BCUT2D eigenvalue weighted by Crippen LogP contribution is 2.10. The average molecular weight is 189 g/mol. The number of amides is 1. The second-order valence-corrected chi connectivity index (χ2v) is 2.66. The Balaban J connectivity index is 2.63. The second-order valence-electron chi connectivity index (χ2n) is 2.66. The molecule has 1 aromatic rings. The predicted octanol–water partition coefficient (Wildman–Crippen LogP) is 1.15. The summed E-state index contributed by atoms with van der Waals surface area (Å²) in [5.41, 5.74) is 0.433. The van der Waals surface area contributed by atoms with Crippen molar-refractivity contribution in [3.05, 3.63) is 29.8 Å². The van der Waals surface area contributed by atoms with Gasteiger partial charge in [0.2, 0.25) is 0 Å². The van der Waals surface area contributed by atoms with Crippen molar-refractivity contribution in [2.45, 2.75) is 6.92 Å². The number of aromatic hydroxyl groups is 1. The largest absolute Gasteiger partial charge is 0.508 e. The zero-order valence-corrected chi connectivity index (χ0v) is 7.87. The lowest BCUT2D eigenvalue weighted by Gasteiger charge is -2.01. The Kier molecular flexibility index (Phi) is 3.57. The Bertz CT molecular complexity index is 388. The molecule has 0 saturated heterocycles. The molecule has 0 fully saturated rings. The first-order valence-electron chi connectivity index (χ1n) is 4.21. The molecule has 0 unspecified atom stereocenters. The highest BCUT2D eigenvalue weighted by atomic mass is 16.3. The normalized spacial score (nSPS) is 8.64. The van der Waals surface area contributed by atoms with Crippen molar-refractivity contribution in [3.63, 3.8) is 0 Å². The summed E-state index contributed by atoms with van der Waals surface area (Å²) in [6.45, 7) is 2.03. The van der Waals surface area contributed by atoms with Crippen LogP contribution in [0.25, 0.3) is 0 Å². The van der Waals surface area contributed by atoms with E-state index in [0.717, 1.165) is 0 Å². The fraction of sp³-hybridized carbons (Fsp3) is 0.182. The van der Waals surface area contributed by atoms with Crippen LogP contribution in [0.2, 0.25) is 0 Å². The Labute approximate surface area is 82.8 Å². The van der Waals surface area contributed by atoms with Crippen molar-refractivity contribution in [1.29, 1.82) is 0 Å². The molecular formula is C11H11NO2. The van der Waals surface area contributed by atoms with Gasteiger partial charge in [-0.25, -0.2) is 0 Å². The average Bonchev–Trinajstić information content (AvgIpc) is 2.18. The topological polar surface area (TPSA) is 49.3 Å². The molecule has 14 heavy (non-hydrogen) atoms. The molecule has 0 aromatic heterocycles. The number of carbonyl (C=O) groups is 1. The lowest BCUT2D eigenvalue weighted by molar-refractivity contribution is 0.0958. The highest BCUT2D eigenvalue weighted by molar-refractivity contribution is 5.94. The SMILES string of the molecule is CC#CCNC(=O)c1cccc(O)c1. The fourth-order valence-electron chi connectivity index (χ4n) is 0.962. The first-order chi connectivity index (χ1) is 6.74. The van der Waals surface area contributed by atoms with Crippen LogP contribution in [0, 0.1) is 11.8 Å². The van der Waals surface area contributed by atoms with Gasteiger partial charge in [-0.2, -0.15) is 0 Å². The first kappa shape index (κ1) is 10.1. The predicted molar refractivity (Wildman–Crippen MR) is 53.9 cm³/mol. The molecule has 0 aliphatic heterocycles. The molecule has 0 heterocycles. The van der Waals surface area contributed by atoms with Crippen LogP contribution in [0.15, 0.2) is 24.3 Å². The number of hydrogen-bond acceptors (Lipinski definition) is 2. The van der Waals surface area contributed by atoms with Crippen molar-refractivity contribution in [3.8, 4) is 17.6 Å². The van der Waals surface area contributed by atoms with Gasteiger partial charge in [-0.1, -0.05) is 12.0 Å². The number of phenolic OH excluding ortho intramolecular Hbond substituents is 1. The molecule has 0 aliphatic carbocycles. The number of hydrogen-bond donors (Lipinski definition) is 2. The zero-order chi connectivity index (χ0) is 10.4. The number of phenols is 1. The Morgan fingerprint density at radius 3 is 3.00 bits per heavy atom. The van der Waals surface area contributed by atoms with E-state index in [-0.39, 0.29) is 11.7 Å². The summed E-state index contributed by atoms with van der Waals surface area (Å²) in [4.78, 5) is 11.4. The van der Waals surface area contributed by atoms with Gasteiger partial charge in [0, 0.05) is 5.56 Å². The number of rotatable bonds is 2. The van der Waals surface area contributed by atoms with Gasteiger partial charge in [0.1, 0.15) is 5.75 Å². The summed E-state index contributed by atoms with van der Waals surface area (Å²) in [5, 5.41) is 11.7. The third-order valence-corrected chi connectivity index (χ3v) is 1.62. The van der Waals surface area contributed by atoms with Crippen molar-refractivity contribution in [2.75, 3.05) is 6.54 Å². The Morgan fingerprint density at radius 2 is 2.36 bits per heavy atom. The monoisotopic (exact) mass is 189 g/mol. The molecule has 0 radical (unpaired) electrons. The quantitative estimate of drug-likeness (QED) is 0.685. The Morgan fingerprint density at radius 1 is 1.57 bits per heavy atom. The van der Waals surface area contributed by atoms with E-state index in [1.54, 1.807) is 19.1 Å². The number of nitrogens with one attached hydrogen (secondary N) is 1. The van der Waals surface area contributed by atoms with Gasteiger partial charge in [0.25, 0.3) is 5.91 Å². The third kappa shape index (κ3) is 2.83. The lowest BCUT2D eigenvalue weighted by Crippen LogP contribution is -2.23. The number of carbonyl (C=O) groups excluding carboxylic acids is 1. The summed E-state index contributed by atoms with van der Waals surface area (Å²) in [6.07, 6.45) is 0. The minimum atomic E-state index is -0.233. The molecule has 3 nitrogen and oxygen atoms in total. The van der Waals surface area contributed by atoms with E-state index in [4.69, 9.17) is 5.11 Å². The van der Waals surface area contributed by atoms with Crippen LogP contribution in [0.4, 0.5) is 0 Å². The Hall–Kier alpha value is -1.95. The fourth-order valence-corrected chi connectivity index (χ4v) is 0.962. The van der Waals surface area contributed by atoms with E-state index >= 15 is 0 Å². The minimum Gasteiger partial charge on any atom is -0.508 e. The molecule has 0 atom stereocenters. The zero-order valence-electron chi connectivity index (χ0n) is 7.87. The van der Waals surface area contributed by atoms with Crippen LogP contribution < -0.4 is 5.32 Å². The van der Waals surface area contributed by atoms with E-state index in [1.807, 2.05) is 0 Å². The van der Waals surface area contributed by atoms with Crippen molar-refractivity contribution in [1.82, 2.24) is 5.32 Å². The minimum absolute atomic E-state index is 0.0826. The van der Waals surface area contributed by atoms with Gasteiger partial charge in [0.05, 0.1) is 6.54 Å². The van der Waals surface area contributed by atoms with Crippen molar-refractivity contribution in [2.24, 2.45) is 0 Å². The maximum absolute atomic E-state index is 11.4. The molecule has 72 valence electrons. The molecule has 0 bridgehead atoms. The summed E-state index contributed by atoms with van der Waals surface area (Å²) >= 11 is 0. The van der Waals surface area contributed by atoms with Crippen LogP contribution in [0.3, 0.4) is 0 Å². The maximum Gasteiger partial charge on any atom is 0.252 e. The van der Waals surface area contributed by atoms with Gasteiger partial charge in [-0.3, -0.25) is 4.79 Å². The van der Waals surface area contributed by atoms with Crippen LogP contribution >= 0.6 is 0 Å². The van der Waals surface area contributed by atoms with E-state index in [1.165, 1.54) is 12.1 Å². The summed E-state index contributed by atoms with van der Waals surface area (Å²) in [5.74, 6) is 5.24. The van der Waals surface area contributed by atoms with Crippen LogP contribution in [-0.4, -0.2) is 17.6 Å². The molecule has 3 heteroatoms. The summed E-state index contributed by atoms with van der Waals surface area (Å²) in [7, 11) is 0. The van der Waals surface area contributed by atoms with Crippen molar-refractivity contribution < 1.29 is 9.90 Å². The molecule has 1 rings (SSSR count). The van der Waals surface area contributed by atoms with Gasteiger partial charge in [-0.15, -0.1) is 5.92 Å². The standard InChI is InChI=1S/C11H11NO2/c1-2-3-7-12-11(14)9-5-4-6-10(13)8-9/h4-6,8,13H,7H2,1H3,(H,12,14). The van der Waals surface area contributed by atoms with Gasteiger partial charge >= 0.3 is 0 Å². The van der Waals surface area contributed by atoms with E-state index in [9.17, 15) is 4.79 Å². The molecule has 0 saturated carbocycles. The van der Waals surface area contributed by atoms with Crippen LogP contribution in [0.5, 0.6) is 5.75 Å². The molecule has 1 aromatic carbocycles. The van der Waals surface area contributed by atoms with Gasteiger partial charge < -0.3 is 10.4 Å². The van der Waals surface area contributed by atoms with Crippen molar-refractivity contribution >= 4 is 5.91 Å². The van der Waals surface area contributed by atoms with Crippen LogP contribution in [-0.2, 0) is 0 Å². The second kappa shape index (κ2) is 4.93. The first-order valence-corrected chi connectivity index (χ1v) is 4.21. The summed E-state index contributed by atoms with van der Waals surface area (Å²) < 4.78 is 0. The lowest BCUT2D eigenvalue weighted by atomic mass is 10.2. The molecule has 1 amide bonds. The van der Waals surface area contributed by atoms with Gasteiger partial charge in [0.15, 0.2) is 0 Å². The third-order valence-electron chi connectivity index (χ3n) is 1.62. The van der Waals surface area contributed by atoms with E-state index in [0.29, 0.717) is 12.1 Å². The van der Waals surface area contributed by atoms with Gasteiger partial charge in [-0.05, 0) is 25.1 Å². The smallest absolute Gasteiger partial charge is 0.252 e. The number of benzene rings is 1.